The monoisotopic (exact) mass is 224 g/mol. The fourth-order valence-corrected chi connectivity index (χ4v) is 2.63. The Hall–Kier alpha value is -2.03. The molecule has 17 heavy (non-hydrogen) atoms. The number of rotatable bonds is 0. The van der Waals surface area contributed by atoms with Gasteiger partial charge in [0.15, 0.2) is 0 Å². The van der Waals surface area contributed by atoms with Crippen molar-refractivity contribution in [1.82, 2.24) is 9.38 Å². The second kappa shape index (κ2) is 3.00. The van der Waals surface area contributed by atoms with Gasteiger partial charge in [-0.15, -0.1) is 0 Å². The van der Waals surface area contributed by atoms with Gasteiger partial charge >= 0.3 is 0 Å². The van der Waals surface area contributed by atoms with E-state index in [4.69, 9.17) is 9.40 Å². The Balaban J connectivity index is 2.10. The van der Waals surface area contributed by atoms with Crippen molar-refractivity contribution in [2.24, 2.45) is 0 Å². The largest absolute Gasteiger partial charge is 0.469 e. The zero-order chi connectivity index (χ0) is 11.4. The smallest absolute Gasteiger partial charge is 0.137 e. The van der Waals surface area contributed by atoms with E-state index in [1.54, 1.807) is 6.26 Å². The molecular weight excluding hydrogens is 212 g/mol. The molecule has 0 N–H and O–H groups in total. The molecule has 0 bridgehead atoms. The van der Waals surface area contributed by atoms with E-state index < -0.39 is 0 Å². The summed E-state index contributed by atoms with van der Waals surface area (Å²) in [6.45, 7) is 2.09. The number of hydrogen-bond acceptors (Lipinski definition) is 2. The quantitative estimate of drug-likeness (QED) is 0.587. The SMILES string of the molecule is Cc1ccn2c3c(nc2c1)-c1ccoc1CC3. The van der Waals surface area contributed by atoms with E-state index in [0.717, 1.165) is 35.5 Å². The van der Waals surface area contributed by atoms with Crippen molar-refractivity contribution in [1.29, 1.82) is 0 Å². The number of imidazole rings is 1. The molecule has 1 aliphatic rings. The van der Waals surface area contributed by atoms with Crippen LogP contribution in [0.15, 0.2) is 35.1 Å². The Morgan fingerprint density at radius 3 is 3.18 bits per heavy atom. The average molecular weight is 224 g/mol. The van der Waals surface area contributed by atoms with Crippen molar-refractivity contribution in [2.75, 3.05) is 0 Å². The average Bonchev–Trinajstić information content (AvgIpc) is 2.90. The van der Waals surface area contributed by atoms with E-state index in [0.29, 0.717) is 0 Å². The molecule has 3 heteroatoms. The number of hydrogen-bond donors (Lipinski definition) is 0. The molecule has 0 aliphatic heterocycles. The summed E-state index contributed by atoms with van der Waals surface area (Å²) >= 11 is 0. The van der Waals surface area contributed by atoms with Gasteiger partial charge in [-0.25, -0.2) is 4.98 Å². The first kappa shape index (κ1) is 9.05. The van der Waals surface area contributed by atoms with Crippen LogP contribution in [-0.2, 0) is 12.8 Å². The van der Waals surface area contributed by atoms with Crippen molar-refractivity contribution in [3.05, 3.63) is 47.7 Å². The zero-order valence-electron chi connectivity index (χ0n) is 9.60. The Bertz CT molecular complexity index is 721. The molecule has 3 nitrogen and oxygen atoms in total. The normalized spacial score (nSPS) is 13.7. The lowest BCUT2D eigenvalue weighted by atomic mass is 9.99. The number of fused-ring (bicyclic) bond motifs is 5. The Kier molecular flexibility index (Phi) is 1.60. The van der Waals surface area contributed by atoms with Gasteiger partial charge in [-0.3, -0.25) is 0 Å². The lowest BCUT2D eigenvalue weighted by molar-refractivity contribution is 0.506. The van der Waals surface area contributed by atoms with Gasteiger partial charge in [-0.2, -0.15) is 0 Å². The van der Waals surface area contributed by atoms with Crippen LogP contribution in [0.1, 0.15) is 17.0 Å². The molecule has 0 aromatic carbocycles. The molecule has 0 spiro atoms. The third kappa shape index (κ3) is 1.14. The summed E-state index contributed by atoms with van der Waals surface area (Å²) in [6, 6.07) is 6.27. The highest BCUT2D eigenvalue weighted by Crippen LogP contribution is 2.34. The van der Waals surface area contributed by atoms with E-state index >= 15 is 0 Å². The lowest BCUT2D eigenvalue weighted by Gasteiger charge is -2.10. The number of furan rings is 1. The van der Waals surface area contributed by atoms with Crippen LogP contribution < -0.4 is 0 Å². The maximum absolute atomic E-state index is 5.48. The fourth-order valence-electron chi connectivity index (χ4n) is 2.63. The predicted octanol–water partition coefficient (Wildman–Crippen LogP) is 3.00. The summed E-state index contributed by atoms with van der Waals surface area (Å²) in [5.41, 5.74) is 5.82. The first-order valence-electron chi connectivity index (χ1n) is 5.87. The van der Waals surface area contributed by atoms with Crippen LogP contribution >= 0.6 is 0 Å². The van der Waals surface area contributed by atoms with E-state index in [2.05, 4.69) is 29.7 Å². The summed E-state index contributed by atoms with van der Waals surface area (Å²) < 4.78 is 7.68. The number of nitrogens with zero attached hydrogens (tertiary/aromatic N) is 2. The van der Waals surface area contributed by atoms with Gasteiger partial charge in [0.2, 0.25) is 0 Å². The minimum atomic E-state index is 0.969. The summed E-state index contributed by atoms with van der Waals surface area (Å²) in [5.74, 6) is 1.07. The molecule has 3 heterocycles. The van der Waals surface area contributed by atoms with Crippen LogP contribution in [0.25, 0.3) is 16.9 Å². The molecule has 3 aromatic rings. The Labute approximate surface area is 98.7 Å². The maximum atomic E-state index is 5.48. The van der Waals surface area contributed by atoms with Crippen molar-refractivity contribution in [3.8, 4) is 11.3 Å². The molecule has 0 atom stereocenters. The van der Waals surface area contributed by atoms with Crippen LogP contribution in [-0.4, -0.2) is 9.38 Å². The highest BCUT2D eigenvalue weighted by Gasteiger charge is 2.23. The molecule has 0 saturated heterocycles. The number of aromatic nitrogens is 2. The van der Waals surface area contributed by atoms with Gasteiger partial charge in [-0.05, 0) is 37.1 Å². The van der Waals surface area contributed by atoms with Crippen LogP contribution in [0.5, 0.6) is 0 Å². The first-order valence-corrected chi connectivity index (χ1v) is 5.87. The molecule has 4 rings (SSSR count). The molecule has 0 amide bonds. The molecule has 84 valence electrons. The van der Waals surface area contributed by atoms with Gasteiger partial charge in [-0.1, -0.05) is 0 Å². The lowest BCUT2D eigenvalue weighted by Crippen LogP contribution is -2.03. The van der Waals surface area contributed by atoms with Crippen LogP contribution in [0, 0.1) is 6.92 Å². The van der Waals surface area contributed by atoms with Crippen molar-refractivity contribution >= 4 is 5.65 Å². The molecule has 0 radical (unpaired) electrons. The molecular formula is C14H12N2O. The zero-order valence-corrected chi connectivity index (χ0v) is 9.60. The van der Waals surface area contributed by atoms with E-state index in [-0.39, 0.29) is 0 Å². The van der Waals surface area contributed by atoms with Crippen LogP contribution in [0.3, 0.4) is 0 Å². The summed E-state index contributed by atoms with van der Waals surface area (Å²) in [4.78, 5) is 4.73. The standard InChI is InChI=1S/C14H12N2O/c1-9-4-6-16-11-2-3-12-10(5-7-17-12)14(11)15-13(16)8-9/h4-8H,2-3H2,1H3. The molecule has 3 aromatic heterocycles. The third-order valence-corrected chi connectivity index (χ3v) is 3.47. The van der Waals surface area contributed by atoms with Gasteiger partial charge in [0.1, 0.15) is 11.4 Å². The van der Waals surface area contributed by atoms with E-state index in [1.807, 2.05) is 6.07 Å². The van der Waals surface area contributed by atoms with E-state index in [1.165, 1.54) is 11.3 Å². The molecule has 1 aliphatic carbocycles. The van der Waals surface area contributed by atoms with Crippen molar-refractivity contribution in [2.45, 2.75) is 19.8 Å². The van der Waals surface area contributed by atoms with Gasteiger partial charge in [0.05, 0.1) is 17.7 Å². The van der Waals surface area contributed by atoms with Gasteiger partial charge < -0.3 is 8.82 Å². The second-order valence-electron chi connectivity index (χ2n) is 4.60. The van der Waals surface area contributed by atoms with Gasteiger partial charge in [0.25, 0.3) is 0 Å². The Morgan fingerprint density at radius 1 is 1.29 bits per heavy atom. The second-order valence-corrected chi connectivity index (χ2v) is 4.60. The highest BCUT2D eigenvalue weighted by atomic mass is 16.3. The van der Waals surface area contributed by atoms with Gasteiger partial charge in [0, 0.05) is 18.2 Å². The van der Waals surface area contributed by atoms with Crippen molar-refractivity contribution in [3.63, 3.8) is 0 Å². The van der Waals surface area contributed by atoms with Crippen LogP contribution in [0.4, 0.5) is 0 Å². The third-order valence-electron chi connectivity index (χ3n) is 3.47. The Morgan fingerprint density at radius 2 is 2.24 bits per heavy atom. The fraction of sp³-hybridized carbons (Fsp3) is 0.214. The topological polar surface area (TPSA) is 30.4 Å². The molecule has 0 fully saturated rings. The first-order chi connectivity index (χ1) is 8.33. The summed E-state index contributed by atoms with van der Waals surface area (Å²) in [5, 5.41) is 0. The van der Waals surface area contributed by atoms with E-state index in [9.17, 15) is 0 Å². The minimum Gasteiger partial charge on any atom is -0.469 e. The number of pyridine rings is 1. The summed E-state index contributed by atoms with van der Waals surface area (Å²) in [7, 11) is 0. The maximum Gasteiger partial charge on any atom is 0.137 e. The highest BCUT2D eigenvalue weighted by molar-refractivity contribution is 5.70. The van der Waals surface area contributed by atoms with Crippen LogP contribution in [0.2, 0.25) is 0 Å². The molecule has 0 saturated carbocycles. The minimum absolute atomic E-state index is 0.969. The predicted molar refractivity (Wildman–Crippen MR) is 65.0 cm³/mol. The molecule has 0 unspecified atom stereocenters. The summed E-state index contributed by atoms with van der Waals surface area (Å²) in [6.07, 6.45) is 5.84. The number of aryl methyl sites for hydroxylation is 3. The van der Waals surface area contributed by atoms with Crippen molar-refractivity contribution < 1.29 is 4.42 Å².